The molecule has 1 heterocycles. The summed E-state index contributed by atoms with van der Waals surface area (Å²) in [5.41, 5.74) is 6.86. The van der Waals surface area contributed by atoms with E-state index in [4.69, 9.17) is 37.0 Å². The van der Waals surface area contributed by atoms with Crippen LogP contribution in [-0.2, 0) is 16.0 Å². The Morgan fingerprint density at radius 1 is 1.34 bits per heavy atom. The summed E-state index contributed by atoms with van der Waals surface area (Å²) in [4.78, 5) is 10.0. The summed E-state index contributed by atoms with van der Waals surface area (Å²) in [5, 5.41) is 14.3. The van der Waals surface area contributed by atoms with E-state index in [1.807, 2.05) is 14.1 Å². The van der Waals surface area contributed by atoms with E-state index in [9.17, 15) is 0 Å². The fourth-order valence-electron chi connectivity index (χ4n) is 2.82. The molecule has 0 aromatic carbocycles. The molecule has 1 aromatic rings. The van der Waals surface area contributed by atoms with E-state index in [1.165, 1.54) is 0 Å². The Hall–Kier alpha value is -2.40. The van der Waals surface area contributed by atoms with Crippen LogP contribution in [0.2, 0.25) is 5.02 Å². The first-order chi connectivity index (χ1) is 15.1. The summed E-state index contributed by atoms with van der Waals surface area (Å²) >= 11 is 6.38. The van der Waals surface area contributed by atoms with Gasteiger partial charge in [-0.25, -0.2) is 9.98 Å². The number of hydrogen-bond acceptors (Lipinski definition) is 9. The van der Waals surface area contributed by atoms with Gasteiger partial charge in [0, 0.05) is 31.8 Å². The number of halogens is 1. The van der Waals surface area contributed by atoms with Crippen molar-refractivity contribution in [2.75, 3.05) is 54.3 Å². The molecule has 0 saturated carbocycles. The molecule has 180 valence electrons. The summed E-state index contributed by atoms with van der Waals surface area (Å²) in [5.74, 6) is 0.624. The number of nitrogens with two attached hydrogens (primary N) is 1. The van der Waals surface area contributed by atoms with E-state index in [0.29, 0.717) is 43.1 Å². The number of methoxy groups -OCH3 is 1. The Labute approximate surface area is 195 Å². The summed E-state index contributed by atoms with van der Waals surface area (Å²) in [6.45, 7) is 10.4. The van der Waals surface area contributed by atoms with Crippen LogP contribution in [-0.4, -0.2) is 76.7 Å². The standard InChI is InChI=1S/C21H36ClN7O3/c1-21(2,12-29(4)5)13-32-20-16(22)9-15(11-27-20)10-26-19(17(23)18(24)25-3)28-14-31-8-7-30-6/h9,11,24,26,28H,3,7-8,10,12-14,23H2,1-2,4-6H3/b19-17+,24-18?. The van der Waals surface area contributed by atoms with Crippen molar-refractivity contribution in [1.82, 2.24) is 20.5 Å². The van der Waals surface area contributed by atoms with E-state index in [-0.39, 0.29) is 23.7 Å². The van der Waals surface area contributed by atoms with Crippen LogP contribution in [0.4, 0.5) is 0 Å². The fourth-order valence-corrected chi connectivity index (χ4v) is 3.06. The van der Waals surface area contributed by atoms with Gasteiger partial charge in [-0.15, -0.1) is 0 Å². The Balaban J connectivity index is 2.76. The zero-order valence-electron chi connectivity index (χ0n) is 19.6. The molecule has 0 fully saturated rings. The molecule has 1 aromatic heterocycles. The van der Waals surface area contributed by atoms with Crippen molar-refractivity contribution in [2.24, 2.45) is 16.1 Å². The minimum atomic E-state index is -0.155. The van der Waals surface area contributed by atoms with Gasteiger partial charge in [0.05, 0.1) is 19.8 Å². The monoisotopic (exact) mass is 469 g/mol. The highest BCUT2D eigenvalue weighted by Crippen LogP contribution is 2.25. The van der Waals surface area contributed by atoms with Gasteiger partial charge in [0.1, 0.15) is 23.3 Å². The molecule has 0 unspecified atom stereocenters. The molecule has 0 aliphatic heterocycles. The number of ether oxygens (including phenoxy) is 3. The number of nitrogens with one attached hydrogen (secondary N) is 3. The highest BCUT2D eigenvalue weighted by molar-refractivity contribution is 6.31. The van der Waals surface area contributed by atoms with Crippen LogP contribution >= 0.6 is 11.6 Å². The van der Waals surface area contributed by atoms with Crippen molar-refractivity contribution in [3.05, 3.63) is 34.4 Å². The normalized spacial score (nSPS) is 12.3. The molecule has 1 rings (SSSR count). The third-order valence-corrected chi connectivity index (χ3v) is 4.41. The topological polar surface area (TPSA) is 130 Å². The number of aromatic nitrogens is 1. The highest BCUT2D eigenvalue weighted by Gasteiger charge is 2.21. The molecule has 0 spiro atoms. The number of pyridine rings is 1. The minimum Gasteiger partial charge on any atom is -0.476 e. The Morgan fingerprint density at radius 2 is 2.06 bits per heavy atom. The number of rotatable bonds is 15. The van der Waals surface area contributed by atoms with E-state index in [0.717, 1.165) is 12.1 Å². The maximum Gasteiger partial charge on any atom is 0.232 e. The summed E-state index contributed by atoms with van der Waals surface area (Å²) in [6.07, 6.45) is 1.67. The lowest BCUT2D eigenvalue weighted by molar-refractivity contribution is 0.0636. The van der Waals surface area contributed by atoms with Gasteiger partial charge in [-0.2, -0.15) is 0 Å². The average Bonchev–Trinajstić information content (AvgIpc) is 2.73. The molecule has 5 N–H and O–H groups in total. The molecule has 0 saturated heterocycles. The second-order valence-corrected chi connectivity index (χ2v) is 8.60. The maximum atomic E-state index is 7.80. The van der Waals surface area contributed by atoms with Crippen molar-refractivity contribution in [2.45, 2.75) is 20.4 Å². The third kappa shape index (κ3) is 10.3. The molecule has 0 radical (unpaired) electrons. The van der Waals surface area contributed by atoms with Crippen LogP contribution in [0.25, 0.3) is 0 Å². The largest absolute Gasteiger partial charge is 0.476 e. The Bertz CT molecular complexity index is 785. The van der Waals surface area contributed by atoms with E-state index < -0.39 is 0 Å². The first-order valence-corrected chi connectivity index (χ1v) is 10.5. The van der Waals surface area contributed by atoms with Gasteiger partial charge in [0.2, 0.25) is 5.88 Å². The molecule has 32 heavy (non-hydrogen) atoms. The second kappa shape index (κ2) is 13.9. The lowest BCUT2D eigenvalue weighted by Gasteiger charge is -2.28. The molecule has 0 bridgehead atoms. The number of amidine groups is 1. The van der Waals surface area contributed by atoms with Crippen molar-refractivity contribution < 1.29 is 14.2 Å². The van der Waals surface area contributed by atoms with Gasteiger partial charge in [-0.1, -0.05) is 25.4 Å². The van der Waals surface area contributed by atoms with E-state index in [2.05, 4.69) is 46.1 Å². The number of hydrogen-bond donors (Lipinski definition) is 4. The first-order valence-electron chi connectivity index (χ1n) is 10.1. The van der Waals surface area contributed by atoms with E-state index >= 15 is 0 Å². The Morgan fingerprint density at radius 3 is 2.66 bits per heavy atom. The number of nitrogens with zero attached hydrogens (tertiary/aromatic N) is 3. The van der Waals surface area contributed by atoms with Crippen LogP contribution < -0.4 is 21.1 Å². The predicted octanol–water partition coefficient (Wildman–Crippen LogP) is 1.81. The maximum absolute atomic E-state index is 7.80. The van der Waals surface area contributed by atoms with Crippen molar-refractivity contribution in [1.29, 1.82) is 5.41 Å². The highest BCUT2D eigenvalue weighted by atomic mass is 35.5. The molecule has 11 heteroatoms. The predicted molar refractivity (Wildman–Crippen MR) is 128 cm³/mol. The van der Waals surface area contributed by atoms with Crippen molar-refractivity contribution in [3.8, 4) is 5.88 Å². The van der Waals surface area contributed by atoms with Crippen molar-refractivity contribution >= 4 is 24.2 Å². The molecule has 0 aliphatic rings. The fraction of sp³-hybridized carbons (Fsp3) is 0.571. The van der Waals surface area contributed by atoms with Crippen LogP contribution in [0.15, 0.2) is 28.8 Å². The summed E-state index contributed by atoms with van der Waals surface area (Å²) in [7, 11) is 5.65. The minimum absolute atomic E-state index is 0.0490. The molecule has 0 aliphatic carbocycles. The average molecular weight is 470 g/mol. The molecule has 10 nitrogen and oxygen atoms in total. The van der Waals surface area contributed by atoms with Gasteiger partial charge in [0.15, 0.2) is 5.84 Å². The SMILES string of the molecule is C=NC(=N)/C(N)=C(\NCOCCOC)NCc1cnc(OCC(C)(C)CN(C)C)c(Cl)c1. The quantitative estimate of drug-likeness (QED) is 0.132. The molecular formula is C21H36ClN7O3. The van der Waals surface area contributed by atoms with Crippen LogP contribution in [0.5, 0.6) is 5.88 Å². The van der Waals surface area contributed by atoms with Gasteiger partial charge in [0.25, 0.3) is 0 Å². The van der Waals surface area contributed by atoms with Gasteiger partial charge >= 0.3 is 0 Å². The van der Waals surface area contributed by atoms with E-state index in [1.54, 1.807) is 19.4 Å². The second-order valence-electron chi connectivity index (χ2n) is 8.19. The van der Waals surface area contributed by atoms with Crippen LogP contribution in [0, 0.1) is 10.8 Å². The first kappa shape index (κ1) is 27.6. The van der Waals surface area contributed by atoms with Crippen LogP contribution in [0.3, 0.4) is 0 Å². The third-order valence-electron chi connectivity index (χ3n) is 4.14. The van der Waals surface area contributed by atoms with Gasteiger partial charge in [-0.05, 0) is 32.4 Å². The van der Waals surface area contributed by atoms with Crippen LogP contribution in [0.1, 0.15) is 19.4 Å². The summed E-state index contributed by atoms with van der Waals surface area (Å²) < 4.78 is 16.2. The van der Waals surface area contributed by atoms with Gasteiger partial charge in [-0.3, -0.25) is 5.41 Å². The van der Waals surface area contributed by atoms with Gasteiger partial charge < -0.3 is 35.5 Å². The zero-order chi connectivity index (χ0) is 24.1. The zero-order valence-corrected chi connectivity index (χ0v) is 20.4. The lowest BCUT2D eigenvalue weighted by atomic mass is 9.94. The summed E-state index contributed by atoms with van der Waals surface area (Å²) in [6, 6.07) is 1.77. The molecule has 0 amide bonds. The lowest BCUT2D eigenvalue weighted by Crippen LogP contribution is -2.34. The number of aliphatic imine (C=N–C) groups is 1. The smallest absolute Gasteiger partial charge is 0.232 e. The van der Waals surface area contributed by atoms with Crippen molar-refractivity contribution in [3.63, 3.8) is 0 Å². The molecular weight excluding hydrogens is 434 g/mol. The molecule has 0 atom stereocenters. The Kier molecular flexibility index (Phi) is 12.0.